The number of nitrogens with zero attached hydrogens (tertiary/aromatic N) is 2. The Labute approximate surface area is 128 Å². The van der Waals surface area contributed by atoms with Crippen molar-refractivity contribution in [2.45, 2.75) is 76.5 Å². The second-order valence-electron chi connectivity index (χ2n) is 7.02. The predicted molar refractivity (Wildman–Crippen MR) is 83.4 cm³/mol. The lowest BCUT2D eigenvalue weighted by Crippen LogP contribution is -2.28. The third-order valence-electron chi connectivity index (χ3n) is 5.72. The van der Waals surface area contributed by atoms with Crippen LogP contribution in [0.1, 0.15) is 82.8 Å². The number of aromatic nitrogens is 2. The van der Waals surface area contributed by atoms with E-state index in [0.29, 0.717) is 5.92 Å². The molecule has 0 radical (unpaired) electrons. The third kappa shape index (κ3) is 3.01. The molecule has 1 aromatic heterocycles. The minimum Gasteiger partial charge on any atom is -0.339 e. The molecule has 1 aromatic rings. The van der Waals surface area contributed by atoms with Crippen LogP contribution in [-0.4, -0.2) is 23.2 Å². The molecule has 1 unspecified atom stereocenters. The van der Waals surface area contributed by atoms with Crippen molar-refractivity contribution in [3.63, 3.8) is 0 Å². The fraction of sp³-hybridized carbons (Fsp3) is 0.882. The molecule has 2 heterocycles. The van der Waals surface area contributed by atoms with Crippen LogP contribution in [0.5, 0.6) is 0 Å². The number of hydrogen-bond acceptors (Lipinski definition) is 4. The lowest BCUT2D eigenvalue weighted by atomic mass is 9.79. The first-order chi connectivity index (χ1) is 10.3. The Bertz CT molecular complexity index is 443. The summed E-state index contributed by atoms with van der Waals surface area (Å²) in [5.41, 5.74) is 0.0880. The summed E-state index contributed by atoms with van der Waals surface area (Å²) in [6.07, 6.45) is 10.0. The molecular formula is C17H29N3O. The van der Waals surface area contributed by atoms with E-state index in [9.17, 15) is 0 Å². The highest BCUT2D eigenvalue weighted by Crippen LogP contribution is 2.38. The largest absolute Gasteiger partial charge is 0.339 e. The molecule has 0 spiro atoms. The molecule has 2 fully saturated rings. The van der Waals surface area contributed by atoms with Gasteiger partial charge in [0.15, 0.2) is 5.82 Å². The summed E-state index contributed by atoms with van der Waals surface area (Å²) in [6.45, 7) is 6.56. The highest BCUT2D eigenvalue weighted by atomic mass is 16.5. The molecule has 1 saturated carbocycles. The number of hydrogen-bond donors (Lipinski definition) is 1. The standard InChI is InChI=1S/C17H29N3O/c1-3-5-13-6-8-14(9-7-13)15-19-16(21-20-15)17(4-2)10-11-18-12-17/h13-14,18H,3-12H2,1-2H3. The fourth-order valence-corrected chi connectivity index (χ4v) is 4.11. The molecule has 4 nitrogen and oxygen atoms in total. The number of rotatable bonds is 5. The molecule has 1 atom stereocenters. The van der Waals surface area contributed by atoms with Crippen LogP contribution < -0.4 is 5.32 Å². The average molecular weight is 291 g/mol. The maximum absolute atomic E-state index is 5.67. The van der Waals surface area contributed by atoms with Crippen LogP contribution in [-0.2, 0) is 5.41 Å². The second kappa shape index (κ2) is 6.47. The predicted octanol–water partition coefficient (Wildman–Crippen LogP) is 3.78. The first-order valence-corrected chi connectivity index (χ1v) is 8.82. The summed E-state index contributed by atoms with van der Waals surface area (Å²) in [4.78, 5) is 4.81. The summed E-state index contributed by atoms with van der Waals surface area (Å²) >= 11 is 0. The average Bonchev–Trinajstić information content (AvgIpc) is 3.18. The van der Waals surface area contributed by atoms with E-state index in [1.54, 1.807) is 0 Å². The quantitative estimate of drug-likeness (QED) is 0.897. The Morgan fingerprint density at radius 3 is 2.67 bits per heavy atom. The van der Waals surface area contributed by atoms with Crippen molar-refractivity contribution in [3.8, 4) is 0 Å². The van der Waals surface area contributed by atoms with Crippen LogP contribution in [0, 0.1) is 5.92 Å². The molecule has 4 heteroatoms. The summed E-state index contributed by atoms with van der Waals surface area (Å²) in [5, 5.41) is 7.78. The van der Waals surface area contributed by atoms with Crippen LogP contribution in [0.2, 0.25) is 0 Å². The highest BCUT2D eigenvalue weighted by Gasteiger charge is 2.40. The van der Waals surface area contributed by atoms with E-state index < -0.39 is 0 Å². The maximum Gasteiger partial charge on any atom is 0.234 e. The molecule has 2 aliphatic rings. The van der Waals surface area contributed by atoms with Crippen LogP contribution in [0.3, 0.4) is 0 Å². The smallest absolute Gasteiger partial charge is 0.234 e. The van der Waals surface area contributed by atoms with Crippen molar-refractivity contribution in [2.75, 3.05) is 13.1 Å². The van der Waals surface area contributed by atoms with Crippen molar-refractivity contribution >= 4 is 0 Å². The first kappa shape index (κ1) is 15.0. The Morgan fingerprint density at radius 2 is 2.05 bits per heavy atom. The van der Waals surface area contributed by atoms with Gasteiger partial charge in [0.1, 0.15) is 0 Å². The van der Waals surface area contributed by atoms with Crippen molar-refractivity contribution in [1.82, 2.24) is 15.5 Å². The molecule has 0 aromatic carbocycles. The van der Waals surface area contributed by atoms with Gasteiger partial charge in [0.2, 0.25) is 5.89 Å². The minimum atomic E-state index is 0.0880. The third-order valence-corrected chi connectivity index (χ3v) is 5.72. The SMILES string of the molecule is CCCC1CCC(c2noc(C3(CC)CCNC3)n2)CC1. The molecular weight excluding hydrogens is 262 g/mol. The molecule has 1 saturated heterocycles. The summed E-state index contributed by atoms with van der Waals surface area (Å²) in [6, 6.07) is 0. The first-order valence-electron chi connectivity index (χ1n) is 8.82. The van der Waals surface area contributed by atoms with E-state index in [4.69, 9.17) is 9.51 Å². The van der Waals surface area contributed by atoms with Gasteiger partial charge >= 0.3 is 0 Å². The van der Waals surface area contributed by atoms with Gasteiger partial charge in [-0.15, -0.1) is 0 Å². The van der Waals surface area contributed by atoms with E-state index in [1.165, 1.54) is 38.5 Å². The Kier molecular flexibility index (Phi) is 4.63. The molecule has 21 heavy (non-hydrogen) atoms. The number of nitrogens with one attached hydrogen (secondary N) is 1. The highest BCUT2D eigenvalue weighted by molar-refractivity contribution is 5.11. The van der Waals surface area contributed by atoms with Gasteiger partial charge in [-0.1, -0.05) is 31.8 Å². The van der Waals surface area contributed by atoms with Gasteiger partial charge in [0.25, 0.3) is 0 Å². The van der Waals surface area contributed by atoms with Crippen LogP contribution in [0.15, 0.2) is 4.52 Å². The van der Waals surface area contributed by atoms with Gasteiger partial charge in [-0.25, -0.2) is 0 Å². The minimum absolute atomic E-state index is 0.0880. The molecule has 0 amide bonds. The monoisotopic (exact) mass is 291 g/mol. The van der Waals surface area contributed by atoms with Crippen molar-refractivity contribution in [2.24, 2.45) is 5.92 Å². The van der Waals surface area contributed by atoms with E-state index in [-0.39, 0.29) is 5.41 Å². The molecule has 3 rings (SSSR count). The van der Waals surface area contributed by atoms with Gasteiger partial charge < -0.3 is 9.84 Å². The Balaban J connectivity index is 1.65. The van der Waals surface area contributed by atoms with E-state index in [1.807, 2.05) is 0 Å². The van der Waals surface area contributed by atoms with Gasteiger partial charge in [-0.05, 0) is 51.0 Å². The topological polar surface area (TPSA) is 51.0 Å². The zero-order chi connectivity index (χ0) is 14.7. The molecule has 1 aliphatic carbocycles. The normalized spacial score (nSPS) is 33.4. The van der Waals surface area contributed by atoms with Gasteiger partial charge in [-0.3, -0.25) is 0 Å². The van der Waals surface area contributed by atoms with E-state index >= 15 is 0 Å². The van der Waals surface area contributed by atoms with Gasteiger partial charge in [0.05, 0.1) is 5.41 Å². The molecule has 118 valence electrons. The zero-order valence-electron chi connectivity index (χ0n) is 13.5. The van der Waals surface area contributed by atoms with Crippen molar-refractivity contribution < 1.29 is 4.52 Å². The summed E-state index contributed by atoms with van der Waals surface area (Å²) in [5.74, 6) is 3.30. The molecule has 1 N–H and O–H groups in total. The second-order valence-corrected chi connectivity index (χ2v) is 7.02. The lowest BCUT2D eigenvalue weighted by Gasteiger charge is -2.26. The van der Waals surface area contributed by atoms with Crippen LogP contribution >= 0.6 is 0 Å². The van der Waals surface area contributed by atoms with Crippen molar-refractivity contribution in [1.29, 1.82) is 0 Å². The Hall–Kier alpha value is -0.900. The molecule has 1 aliphatic heterocycles. The van der Waals surface area contributed by atoms with Crippen LogP contribution in [0.4, 0.5) is 0 Å². The van der Waals surface area contributed by atoms with E-state index in [0.717, 1.165) is 43.6 Å². The van der Waals surface area contributed by atoms with Crippen molar-refractivity contribution in [3.05, 3.63) is 11.7 Å². The fourth-order valence-electron chi connectivity index (χ4n) is 4.11. The molecule has 0 bridgehead atoms. The summed E-state index contributed by atoms with van der Waals surface area (Å²) < 4.78 is 5.67. The maximum atomic E-state index is 5.67. The zero-order valence-corrected chi connectivity index (χ0v) is 13.5. The Morgan fingerprint density at radius 1 is 1.24 bits per heavy atom. The van der Waals surface area contributed by atoms with Gasteiger partial charge in [0, 0.05) is 12.5 Å². The summed E-state index contributed by atoms with van der Waals surface area (Å²) in [7, 11) is 0. The lowest BCUT2D eigenvalue weighted by molar-refractivity contribution is 0.275. The van der Waals surface area contributed by atoms with Gasteiger partial charge in [-0.2, -0.15) is 4.98 Å². The van der Waals surface area contributed by atoms with Crippen LogP contribution in [0.25, 0.3) is 0 Å². The van der Waals surface area contributed by atoms with E-state index in [2.05, 4.69) is 24.3 Å².